The highest BCUT2D eigenvalue weighted by Crippen LogP contribution is 2.42. The average molecular weight is 289 g/mol. The summed E-state index contributed by atoms with van der Waals surface area (Å²) < 4.78 is 0. The number of hydrogen-bond acceptors (Lipinski definition) is 1. The lowest BCUT2D eigenvalue weighted by Crippen LogP contribution is -1.98. The van der Waals surface area contributed by atoms with E-state index in [1.165, 1.54) is 27.8 Å². The van der Waals surface area contributed by atoms with Gasteiger partial charge in [-0.05, 0) is 59.2 Å². The van der Waals surface area contributed by atoms with Crippen molar-refractivity contribution >= 4 is 11.9 Å². The van der Waals surface area contributed by atoms with E-state index in [2.05, 4.69) is 55.2 Å². The molecule has 0 fully saturated rings. The van der Waals surface area contributed by atoms with E-state index in [1.54, 1.807) is 0 Å². The van der Waals surface area contributed by atoms with Gasteiger partial charge in [0.05, 0.1) is 5.69 Å². The summed E-state index contributed by atoms with van der Waals surface area (Å²) >= 11 is 0. The van der Waals surface area contributed by atoms with E-state index in [9.17, 15) is 0 Å². The largest absolute Gasteiger partial charge is 0.257 e. The molecule has 2 aromatic rings. The Morgan fingerprint density at radius 3 is 2.50 bits per heavy atom. The summed E-state index contributed by atoms with van der Waals surface area (Å²) in [5, 5.41) is 0. The van der Waals surface area contributed by atoms with Crippen LogP contribution < -0.4 is 0 Å². The van der Waals surface area contributed by atoms with E-state index in [0.717, 1.165) is 18.5 Å². The standard InChI is InChI=1S/C21H23N/c1-4-5-12-22-21-11-7-10-18-17-9-6-8-16(13-15(2)3)19(17)14-20(18)21/h4-12,15H,13-14H2,1-3H3/b5-4-,22-12?. The van der Waals surface area contributed by atoms with Gasteiger partial charge in [0.25, 0.3) is 0 Å². The van der Waals surface area contributed by atoms with Crippen molar-refractivity contribution < 1.29 is 0 Å². The molecule has 0 radical (unpaired) electrons. The first-order chi connectivity index (χ1) is 10.7. The van der Waals surface area contributed by atoms with Gasteiger partial charge in [0.2, 0.25) is 0 Å². The highest BCUT2D eigenvalue weighted by atomic mass is 14.7. The SMILES string of the molecule is C/C=C\C=Nc1cccc2c1Cc1c(CC(C)C)cccc1-2. The minimum Gasteiger partial charge on any atom is -0.257 e. The summed E-state index contributed by atoms with van der Waals surface area (Å²) in [5.41, 5.74) is 8.22. The van der Waals surface area contributed by atoms with Gasteiger partial charge in [-0.3, -0.25) is 4.99 Å². The number of nitrogens with zero attached hydrogens (tertiary/aromatic N) is 1. The van der Waals surface area contributed by atoms with Crippen LogP contribution in [0.4, 0.5) is 5.69 Å². The van der Waals surface area contributed by atoms with E-state index in [0.29, 0.717) is 5.92 Å². The molecule has 0 N–H and O–H groups in total. The normalized spacial score (nSPS) is 13.3. The Morgan fingerprint density at radius 1 is 1.05 bits per heavy atom. The number of allylic oxidation sites excluding steroid dienone is 2. The minimum absolute atomic E-state index is 0.683. The van der Waals surface area contributed by atoms with Crippen LogP contribution in [-0.4, -0.2) is 6.21 Å². The maximum atomic E-state index is 4.63. The second-order valence-electron chi connectivity index (χ2n) is 6.33. The monoisotopic (exact) mass is 289 g/mol. The number of fused-ring (bicyclic) bond motifs is 3. The van der Waals surface area contributed by atoms with E-state index in [1.807, 2.05) is 25.3 Å². The van der Waals surface area contributed by atoms with Gasteiger partial charge in [0, 0.05) is 12.6 Å². The number of rotatable bonds is 4. The van der Waals surface area contributed by atoms with E-state index in [4.69, 9.17) is 0 Å². The predicted octanol–water partition coefficient (Wildman–Crippen LogP) is 5.73. The van der Waals surface area contributed by atoms with Crippen LogP contribution in [0.1, 0.15) is 37.5 Å². The van der Waals surface area contributed by atoms with Gasteiger partial charge in [-0.25, -0.2) is 0 Å². The van der Waals surface area contributed by atoms with Crippen LogP contribution >= 0.6 is 0 Å². The van der Waals surface area contributed by atoms with Gasteiger partial charge in [-0.15, -0.1) is 0 Å². The Kier molecular flexibility index (Phi) is 4.24. The Balaban J connectivity index is 2.04. The molecule has 112 valence electrons. The summed E-state index contributed by atoms with van der Waals surface area (Å²) in [6, 6.07) is 13.2. The first kappa shape index (κ1) is 14.8. The Morgan fingerprint density at radius 2 is 1.77 bits per heavy atom. The summed E-state index contributed by atoms with van der Waals surface area (Å²) in [6.45, 7) is 6.58. The van der Waals surface area contributed by atoms with Crippen molar-refractivity contribution in [1.29, 1.82) is 0 Å². The van der Waals surface area contributed by atoms with Crippen molar-refractivity contribution in [2.75, 3.05) is 0 Å². The zero-order valence-corrected chi connectivity index (χ0v) is 13.6. The van der Waals surface area contributed by atoms with Gasteiger partial charge >= 0.3 is 0 Å². The first-order valence-electron chi connectivity index (χ1n) is 8.09. The molecule has 0 saturated heterocycles. The number of hydrogen-bond donors (Lipinski definition) is 0. The average Bonchev–Trinajstić information content (AvgIpc) is 2.88. The second kappa shape index (κ2) is 6.31. The molecule has 22 heavy (non-hydrogen) atoms. The van der Waals surface area contributed by atoms with E-state index < -0.39 is 0 Å². The fraction of sp³-hybridized carbons (Fsp3) is 0.286. The molecule has 0 aromatic heterocycles. The first-order valence-corrected chi connectivity index (χ1v) is 8.09. The third-order valence-corrected chi connectivity index (χ3v) is 4.19. The molecule has 1 aliphatic rings. The molecule has 0 heterocycles. The van der Waals surface area contributed by atoms with Crippen molar-refractivity contribution in [3.8, 4) is 11.1 Å². The number of benzene rings is 2. The predicted molar refractivity (Wildman–Crippen MR) is 96.2 cm³/mol. The summed E-state index contributed by atoms with van der Waals surface area (Å²) in [7, 11) is 0. The molecular weight excluding hydrogens is 266 g/mol. The van der Waals surface area contributed by atoms with Crippen LogP contribution in [0.25, 0.3) is 11.1 Å². The second-order valence-corrected chi connectivity index (χ2v) is 6.33. The summed E-state index contributed by atoms with van der Waals surface area (Å²) in [5.74, 6) is 0.683. The molecule has 0 atom stereocenters. The zero-order valence-electron chi connectivity index (χ0n) is 13.6. The molecule has 0 amide bonds. The molecule has 3 rings (SSSR count). The molecule has 0 saturated carbocycles. The quantitative estimate of drug-likeness (QED) is 0.543. The van der Waals surface area contributed by atoms with Crippen molar-refractivity contribution in [2.24, 2.45) is 10.9 Å². The Hall–Kier alpha value is -2.15. The topological polar surface area (TPSA) is 12.4 Å². The number of aliphatic imine (C=N–C) groups is 1. The highest BCUT2D eigenvalue weighted by Gasteiger charge is 2.23. The summed E-state index contributed by atoms with van der Waals surface area (Å²) in [4.78, 5) is 4.63. The van der Waals surface area contributed by atoms with Crippen LogP contribution in [0, 0.1) is 5.92 Å². The third-order valence-electron chi connectivity index (χ3n) is 4.19. The molecule has 0 unspecified atom stereocenters. The van der Waals surface area contributed by atoms with E-state index in [-0.39, 0.29) is 0 Å². The van der Waals surface area contributed by atoms with Gasteiger partial charge in [-0.1, -0.05) is 50.3 Å². The lowest BCUT2D eigenvalue weighted by Gasteiger charge is -2.10. The molecule has 1 heteroatoms. The lowest BCUT2D eigenvalue weighted by atomic mass is 9.95. The molecule has 0 spiro atoms. The Bertz CT molecular complexity index is 736. The van der Waals surface area contributed by atoms with Gasteiger partial charge in [0.1, 0.15) is 0 Å². The molecule has 0 bridgehead atoms. The molecule has 1 nitrogen and oxygen atoms in total. The minimum atomic E-state index is 0.683. The fourth-order valence-electron chi connectivity index (χ4n) is 3.25. The van der Waals surface area contributed by atoms with Crippen LogP contribution in [0.5, 0.6) is 0 Å². The molecule has 1 aliphatic carbocycles. The van der Waals surface area contributed by atoms with Crippen molar-refractivity contribution in [3.05, 3.63) is 65.2 Å². The highest BCUT2D eigenvalue weighted by molar-refractivity contribution is 5.84. The van der Waals surface area contributed by atoms with Crippen LogP contribution in [0.15, 0.2) is 53.5 Å². The Labute approximate surface area is 133 Å². The maximum Gasteiger partial charge on any atom is 0.0671 e. The van der Waals surface area contributed by atoms with Crippen LogP contribution in [-0.2, 0) is 12.8 Å². The van der Waals surface area contributed by atoms with Crippen LogP contribution in [0.3, 0.4) is 0 Å². The van der Waals surface area contributed by atoms with Gasteiger partial charge in [0.15, 0.2) is 0 Å². The van der Waals surface area contributed by atoms with Crippen molar-refractivity contribution in [2.45, 2.75) is 33.6 Å². The van der Waals surface area contributed by atoms with Crippen LogP contribution in [0.2, 0.25) is 0 Å². The van der Waals surface area contributed by atoms with E-state index >= 15 is 0 Å². The van der Waals surface area contributed by atoms with Crippen molar-refractivity contribution in [3.63, 3.8) is 0 Å². The molecule has 0 aliphatic heterocycles. The van der Waals surface area contributed by atoms with Crippen molar-refractivity contribution in [1.82, 2.24) is 0 Å². The summed E-state index contributed by atoms with van der Waals surface area (Å²) in [6.07, 6.45) is 8.02. The third kappa shape index (κ3) is 2.76. The maximum absolute atomic E-state index is 4.63. The molecular formula is C21H23N. The van der Waals surface area contributed by atoms with Gasteiger partial charge < -0.3 is 0 Å². The fourth-order valence-corrected chi connectivity index (χ4v) is 3.25. The zero-order chi connectivity index (χ0) is 15.5. The smallest absolute Gasteiger partial charge is 0.0671 e. The lowest BCUT2D eigenvalue weighted by molar-refractivity contribution is 0.644. The van der Waals surface area contributed by atoms with Gasteiger partial charge in [-0.2, -0.15) is 0 Å². The molecule has 2 aromatic carbocycles.